The first-order chi connectivity index (χ1) is 23.1. The third kappa shape index (κ3) is 5.45. The molecular formula is C44H33N3. The maximum atomic E-state index is 6.02. The van der Waals surface area contributed by atoms with Gasteiger partial charge in [-0.15, -0.1) is 0 Å². The molecule has 1 aromatic heterocycles. The van der Waals surface area contributed by atoms with Gasteiger partial charge in [0.25, 0.3) is 0 Å². The highest BCUT2D eigenvalue weighted by Gasteiger charge is 2.16. The lowest BCUT2D eigenvalue weighted by Crippen LogP contribution is -1.96. The van der Waals surface area contributed by atoms with E-state index in [9.17, 15) is 0 Å². The molecule has 0 aliphatic heterocycles. The zero-order chi connectivity index (χ0) is 31.7. The molecule has 0 aliphatic rings. The molecule has 0 unspecified atom stereocenters. The highest BCUT2D eigenvalue weighted by Crippen LogP contribution is 2.38. The van der Waals surface area contributed by atoms with Crippen molar-refractivity contribution < 1.29 is 0 Å². The number of hydrogen-bond acceptors (Lipinski definition) is 2. The van der Waals surface area contributed by atoms with Gasteiger partial charge in [-0.25, -0.2) is 0 Å². The molecule has 47 heavy (non-hydrogen) atoms. The number of rotatable bonds is 6. The molecule has 8 aromatic rings. The summed E-state index contributed by atoms with van der Waals surface area (Å²) in [5.74, 6) is 0. The van der Waals surface area contributed by atoms with Gasteiger partial charge >= 0.3 is 0 Å². The molecule has 8 rings (SSSR count). The molecule has 0 amide bonds. The largest absolute Gasteiger partial charge is 0.399 e. The first-order valence-electron chi connectivity index (χ1n) is 15.8. The highest BCUT2D eigenvalue weighted by atomic mass is 15.0. The van der Waals surface area contributed by atoms with Crippen molar-refractivity contribution in [2.75, 3.05) is 11.5 Å². The highest BCUT2D eigenvalue weighted by molar-refractivity contribution is 6.11. The van der Waals surface area contributed by atoms with Crippen molar-refractivity contribution in [3.63, 3.8) is 0 Å². The Morgan fingerprint density at radius 2 is 0.915 bits per heavy atom. The molecular weight excluding hydrogens is 571 g/mol. The summed E-state index contributed by atoms with van der Waals surface area (Å²) < 4.78 is 2.39. The van der Waals surface area contributed by atoms with Gasteiger partial charge < -0.3 is 16.0 Å². The number of hydrogen-bond donors (Lipinski definition) is 2. The quantitative estimate of drug-likeness (QED) is 0.147. The third-order valence-corrected chi connectivity index (χ3v) is 8.86. The zero-order valence-electron chi connectivity index (χ0n) is 25.8. The lowest BCUT2D eigenvalue weighted by molar-refractivity contribution is 1.18. The van der Waals surface area contributed by atoms with E-state index in [1.165, 1.54) is 27.5 Å². The van der Waals surface area contributed by atoms with E-state index < -0.39 is 0 Å². The second-order valence-corrected chi connectivity index (χ2v) is 11.9. The fraction of sp³-hybridized carbons (Fsp3) is 0. The number of fused-ring (bicyclic) bond motifs is 3. The van der Waals surface area contributed by atoms with E-state index in [0.29, 0.717) is 0 Å². The summed E-state index contributed by atoms with van der Waals surface area (Å²) in [7, 11) is 0. The van der Waals surface area contributed by atoms with Crippen LogP contribution >= 0.6 is 0 Å². The molecule has 4 N–H and O–H groups in total. The Morgan fingerprint density at radius 3 is 1.47 bits per heavy atom. The van der Waals surface area contributed by atoms with Gasteiger partial charge in [-0.2, -0.15) is 0 Å². The van der Waals surface area contributed by atoms with Crippen LogP contribution in [0.5, 0.6) is 0 Å². The van der Waals surface area contributed by atoms with Crippen LogP contribution in [0.3, 0.4) is 0 Å². The van der Waals surface area contributed by atoms with Crippen LogP contribution in [-0.2, 0) is 0 Å². The first kappa shape index (κ1) is 28.2. The monoisotopic (exact) mass is 603 g/mol. The van der Waals surface area contributed by atoms with Crippen LogP contribution in [-0.4, -0.2) is 4.57 Å². The summed E-state index contributed by atoms with van der Waals surface area (Å²) >= 11 is 0. The van der Waals surface area contributed by atoms with Crippen molar-refractivity contribution in [3.05, 3.63) is 187 Å². The Bertz CT molecular complexity index is 2280. The smallest absolute Gasteiger partial charge is 0.0541 e. The van der Waals surface area contributed by atoms with Gasteiger partial charge in [0.1, 0.15) is 0 Å². The van der Waals surface area contributed by atoms with Gasteiger partial charge in [0.2, 0.25) is 0 Å². The minimum atomic E-state index is 0.760. The standard InChI is InChI=1S/C44H33N3/c45-37-20-14-31(15-21-37)34-18-24-43-41(28-34)42-29-35(32-16-22-38(46)23-17-32)19-25-44(42)47(43)39-13-7-12-36(27-39)40(33-10-5-2-6-11-33)26-30-8-3-1-4-9-30/h1-29H,45-46H2. The Balaban J connectivity index is 1.34. The number of nitrogen functional groups attached to an aromatic ring is 2. The van der Waals surface area contributed by atoms with E-state index in [4.69, 9.17) is 11.5 Å². The van der Waals surface area contributed by atoms with Gasteiger partial charge in [-0.05, 0) is 111 Å². The van der Waals surface area contributed by atoms with Crippen molar-refractivity contribution in [2.45, 2.75) is 0 Å². The lowest BCUT2D eigenvalue weighted by Gasteiger charge is -2.14. The molecule has 0 saturated carbocycles. The van der Waals surface area contributed by atoms with E-state index in [0.717, 1.165) is 55.9 Å². The lowest BCUT2D eigenvalue weighted by atomic mass is 9.95. The topological polar surface area (TPSA) is 57.0 Å². The van der Waals surface area contributed by atoms with Crippen LogP contribution in [0.4, 0.5) is 11.4 Å². The molecule has 0 radical (unpaired) electrons. The number of aromatic nitrogens is 1. The van der Waals surface area contributed by atoms with Crippen molar-refractivity contribution in [2.24, 2.45) is 0 Å². The predicted octanol–water partition coefficient (Wildman–Crippen LogP) is 10.9. The van der Waals surface area contributed by atoms with Gasteiger partial charge in [-0.3, -0.25) is 0 Å². The van der Waals surface area contributed by atoms with E-state index in [1.807, 2.05) is 24.3 Å². The van der Waals surface area contributed by atoms with Gasteiger partial charge in [0.05, 0.1) is 11.0 Å². The number of nitrogens with zero attached hydrogens (tertiary/aromatic N) is 1. The van der Waals surface area contributed by atoms with Crippen molar-refractivity contribution in [3.8, 4) is 27.9 Å². The van der Waals surface area contributed by atoms with Crippen LogP contribution in [0, 0.1) is 0 Å². The number of nitrogens with two attached hydrogens (primary N) is 2. The number of benzene rings is 7. The van der Waals surface area contributed by atoms with Crippen molar-refractivity contribution in [1.29, 1.82) is 0 Å². The summed E-state index contributed by atoms with van der Waals surface area (Å²) in [6, 6.07) is 59.7. The minimum Gasteiger partial charge on any atom is -0.399 e. The van der Waals surface area contributed by atoms with Crippen molar-refractivity contribution >= 4 is 44.8 Å². The summed E-state index contributed by atoms with van der Waals surface area (Å²) in [5, 5.41) is 2.39. The summed E-state index contributed by atoms with van der Waals surface area (Å²) in [6.45, 7) is 0. The van der Waals surface area contributed by atoms with E-state index in [2.05, 4.69) is 156 Å². The molecule has 7 aromatic carbocycles. The molecule has 0 saturated heterocycles. The summed E-state index contributed by atoms with van der Waals surface area (Å²) in [4.78, 5) is 0. The van der Waals surface area contributed by atoms with Crippen molar-refractivity contribution in [1.82, 2.24) is 4.57 Å². The Labute approximate surface area is 274 Å². The average Bonchev–Trinajstić information content (AvgIpc) is 3.45. The molecule has 0 atom stereocenters. The third-order valence-electron chi connectivity index (χ3n) is 8.86. The van der Waals surface area contributed by atoms with Crippen LogP contribution in [0.25, 0.3) is 61.4 Å². The SMILES string of the molecule is Nc1ccc(-c2ccc3c(c2)c2cc(-c4ccc(N)cc4)ccc2n3-c2cccc(C(=Cc3ccccc3)c3ccccc3)c2)cc1. The molecule has 1 heterocycles. The van der Waals surface area contributed by atoms with E-state index in [1.54, 1.807) is 0 Å². The molecule has 0 spiro atoms. The summed E-state index contributed by atoms with van der Waals surface area (Å²) in [5.41, 5.74) is 26.2. The normalized spacial score (nSPS) is 11.7. The molecule has 3 nitrogen and oxygen atoms in total. The Kier molecular flexibility index (Phi) is 7.12. The Hall–Kier alpha value is -6.32. The molecule has 3 heteroatoms. The fourth-order valence-corrected chi connectivity index (χ4v) is 6.49. The number of anilines is 2. The second kappa shape index (κ2) is 11.9. The first-order valence-corrected chi connectivity index (χ1v) is 15.8. The van der Waals surface area contributed by atoms with E-state index >= 15 is 0 Å². The van der Waals surface area contributed by atoms with E-state index in [-0.39, 0.29) is 0 Å². The van der Waals surface area contributed by atoms with Gasteiger partial charge in [0.15, 0.2) is 0 Å². The predicted molar refractivity (Wildman–Crippen MR) is 200 cm³/mol. The van der Waals surface area contributed by atoms with Gasteiger partial charge in [-0.1, -0.05) is 109 Å². The van der Waals surface area contributed by atoms with Crippen LogP contribution in [0.2, 0.25) is 0 Å². The summed E-state index contributed by atoms with van der Waals surface area (Å²) in [6.07, 6.45) is 2.28. The zero-order valence-corrected chi connectivity index (χ0v) is 25.8. The molecule has 0 fully saturated rings. The van der Waals surface area contributed by atoms with Gasteiger partial charge in [0, 0.05) is 27.8 Å². The van der Waals surface area contributed by atoms with Crippen LogP contribution in [0.15, 0.2) is 170 Å². The molecule has 0 bridgehead atoms. The minimum absolute atomic E-state index is 0.760. The maximum Gasteiger partial charge on any atom is 0.0541 e. The van der Waals surface area contributed by atoms with Crippen LogP contribution in [0.1, 0.15) is 16.7 Å². The fourth-order valence-electron chi connectivity index (χ4n) is 6.49. The Morgan fingerprint density at radius 1 is 0.426 bits per heavy atom. The molecule has 0 aliphatic carbocycles. The second-order valence-electron chi connectivity index (χ2n) is 11.9. The maximum absolute atomic E-state index is 6.02. The molecule has 224 valence electrons. The van der Waals surface area contributed by atoms with Crippen LogP contribution < -0.4 is 11.5 Å². The average molecular weight is 604 g/mol.